The average molecular weight is 645 g/mol. The lowest BCUT2D eigenvalue weighted by atomic mass is 9.81. The lowest BCUT2D eigenvalue weighted by Gasteiger charge is -2.27. The van der Waals surface area contributed by atoms with E-state index in [0.29, 0.717) is 5.96 Å². The van der Waals surface area contributed by atoms with Crippen LogP contribution in [0, 0.1) is 12.3 Å². The van der Waals surface area contributed by atoms with Crippen molar-refractivity contribution in [1.29, 1.82) is 5.41 Å². The van der Waals surface area contributed by atoms with Crippen LogP contribution in [0.5, 0.6) is 0 Å². The molecule has 8 aromatic rings. The second kappa shape index (κ2) is 13.2. The Morgan fingerprint density at radius 2 is 1.08 bits per heavy atom. The molecule has 0 bridgehead atoms. The summed E-state index contributed by atoms with van der Waals surface area (Å²) in [6.07, 6.45) is 1.08. The van der Waals surface area contributed by atoms with Gasteiger partial charge in [-0.25, -0.2) is 4.99 Å². The second-order valence-electron chi connectivity index (χ2n) is 12.5. The van der Waals surface area contributed by atoms with Gasteiger partial charge >= 0.3 is 0 Å². The molecule has 0 radical (unpaired) electrons. The summed E-state index contributed by atoms with van der Waals surface area (Å²) in [6.45, 7) is 2.09. The molecule has 4 nitrogen and oxygen atoms in total. The molecule has 8 rings (SSSR count). The molecular formula is C46H36N4. The minimum absolute atomic E-state index is 0.566. The van der Waals surface area contributed by atoms with Gasteiger partial charge in [-0.15, -0.1) is 0 Å². The monoisotopic (exact) mass is 644 g/mol. The van der Waals surface area contributed by atoms with Gasteiger partial charge in [0.15, 0.2) is 0 Å². The Labute approximate surface area is 292 Å². The molecule has 8 aromatic carbocycles. The summed E-state index contributed by atoms with van der Waals surface area (Å²) < 4.78 is 0. The largest absolute Gasteiger partial charge is 0.358 e. The smallest absolute Gasteiger partial charge is 0.209 e. The van der Waals surface area contributed by atoms with Gasteiger partial charge in [0.05, 0.1) is 0 Å². The number of fused-ring (bicyclic) bond motifs is 6. The molecule has 240 valence electrons. The number of rotatable bonds is 6. The Balaban J connectivity index is 1.56. The molecule has 50 heavy (non-hydrogen) atoms. The van der Waals surface area contributed by atoms with E-state index in [1.807, 2.05) is 7.05 Å². The predicted molar refractivity (Wildman–Crippen MR) is 214 cm³/mol. The van der Waals surface area contributed by atoms with Crippen molar-refractivity contribution in [2.75, 3.05) is 11.9 Å². The second-order valence-corrected chi connectivity index (χ2v) is 12.5. The molecule has 0 heterocycles. The highest BCUT2D eigenvalue weighted by Gasteiger charge is 2.23. The third-order valence-electron chi connectivity index (χ3n) is 9.49. The Morgan fingerprint density at radius 3 is 1.70 bits per heavy atom. The van der Waals surface area contributed by atoms with Crippen molar-refractivity contribution >= 4 is 56.0 Å². The molecule has 2 N–H and O–H groups in total. The van der Waals surface area contributed by atoms with Crippen LogP contribution in [0.3, 0.4) is 0 Å². The number of nitrogens with zero attached hydrogens (tertiary/aromatic N) is 2. The van der Waals surface area contributed by atoms with Crippen LogP contribution in [0.1, 0.15) is 5.56 Å². The molecule has 0 saturated carbocycles. The fourth-order valence-corrected chi connectivity index (χ4v) is 7.26. The zero-order valence-electron chi connectivity index (χ0n) is 28.1. The standard InChI is InChI=1S/C46H36N4/c1-31-22-24-35(25-23-31)50(46(48-2)49-30-47)36-26-27-39-42(28-36)37-20-12-13-21-38(37)44-41(33-16-8-4-9-17-33)29-40(32-14-6-3-7-15-32)43(45(39)44)34-18-10-5-11-19-34/h3-30H,1-2H3,(H2,47,48,49). The molecule has 4 heteroatoms. The van der Waals surface area contributed by atoms with Crippen molar-refractivity contribution in [3.63, 3.8) is 0 Å². The van der Waals surface area contributed by atoms with E-state index >= 15 is 0 Å². The number of hydrogen-bond donors (Lipinski definition) is 2. The van der Waals surface area contributed by atoms with Crippen LogP contribution in [-0.2, 0) is 0 Å². The van der Waals surface area contributed by atoms with E-state index in [1.54, 1.807) is 0 Å². The summed E-state index contributed by atoms with van der Waals surface area (Å²) in [7, 11) is 1.84. The van der Waals surface area contributed by atoms with Crippen molar-refractivity contribution in [1.82, 2.24) is 5.32 Å². The fraction of sp³-hybridized carbons (Fsp3) is 0.0435. The predicted octanol–water partition coefficient (Wildman–Crippen LogP) is 11.8. The lowest BCUT2D eigenvalue weighted by molar-refractivity contribution is 1.11. The summed E-state index contributed by atoms with van der Waals surface area (Å²) >= 11 is 0. The van der Waals surface area contributed by atoms with Crippen molar-refractivity contribution in [3.8, 4) is 33.4 Å². The van der Waals surface area contributed by atoms with Gasteiger partial charge in [-0.2, -0.15) is 0 Å². The van der Waals surface area contributed by atoms with Gasteiger partial charge in [-0.1, -0.05) is 139 Å². The van der Waals surface area contributed by atoms with Gasteiger partial charge < -0.3 is 5.32 Å². The van der Waals surface area contributed by atoms with Crippen LogP contribution in [-0.4, -0.2) is 19.3 Å². The summed E-state index contributed by atoms with van der Waals surface area (Å²) in [5.41, 5.74) is 10.2. The van der Waals surface area contributed by atoms with E-state index in [9.17, 15) is 0 Å². The molecule has 0 spiro atoms. The minimum atomic E-state index is 0.566. The van der Waals surface area contributed by atoms with Crippen molar-refractivity contribution in [3.05, 3.63) is 169 Å². The van der Waals surface area contributed by atoms with Gasteiger partial charge in [-0.05, 0) is 103 Å². The molecule has 0 aliphatic rings. The van der Waals surface area contributed by atoms with Gasteiger partial charge in [0, 0.05) is 18.4 Å². The summed E-state index contributed by atoms with van der Waals surface area (Å²) in [6, 6.07) is 58.6. The highest BCUT2D eigenvalue weighted by Crippen LogP contribution is 2.49. The van der Waals surface area contributed by atoms with Crippen LogP contribution in [0.2, 0.25) is 0 Å². The zero-order chi connectivity index (χ0) is 34.0. The number of benzene rings is 8. The highest BCUT2D eigenvalue weighted by atomic mass is 15.3. The molecule has 0 atom stereocenters. The first kappa shape index (κ1) is 30.8. The Kier molecular flexibility index (Phi) is 8.11. The first-order valence-corrected chi connectivity index (χ1v) is 16.9. The van der Waals surface area contributed by atoms with Crippen LogP contribution in [0.15, 0.2) is 169 Å². The zero-order valence-corrected chi connectivity index (χ0v) is 28.1. The van der Waals surface area contributed by atoms with E-state index in [-0.39, 0.29) is 0 Å². The van der Waals surface area contributed by atoms with Crippen LogP contribution >= 0.6 is 0 Å². The number of aliphatic imine (C=N–C) groups is 1. The van der Waals surface area contributed by atoms with E-state index in [2.05, 4.69) is 186 Å². The van der Waals surface area contributed by atoms with Crippen LogP contribution in [0.4, 0.5) is 11.4 Å². The number of anilines is 2. The third kappa shape index (κ3) is 5.37. The number of aryl methyl sites for hydroxylation is 1. The van der Waals surface area contributed by atoms with Crippen LogP contribution in [0.25, 0.3) is 65.7 Å². The Bertz CT molecular complexity index is 2520. The summed E-state index contributed by atoms with van der Waals surface area (Å²) in [4.78, 5) is 6.51. The van der Waals surface area contributed by atoms with Gasteiger partial charge in [0.1, 0.15) is 6.34 Å². The molecule has 0 aromatic heterocycles. The first-order chi connectivity index (χ1) is 24.7. The molecule has 0 amide bonds. The Hall–Kier alpha value is -6.52. The van der Waals surface area contributed by atoms with E-state index in [4.69, 9.17) is 5.41 Å². The summed E-state index contributed by atoms with van der Waals surface area (Å²) in [5, 5.41) is 18.2. The maximum Gasteiger partial charge on any atom is 0.209 e. The number of nitrogens with one attached hydrogen (secondary N) is 2. The molecule has 0 saturated heterocycles. The summed E-state index contributed by atoms with van der Waals surface area (Å²) in [5.74, 6) is 0.566. The first-order valence-electron chi connectivity index (χ1n) is 16.9. The van der Waals surface area contributed by atoms with Gasteiger partial charge in [0.25, 0.3) is 0 Å². The van der Waals surface area contributed by atoms with Crippen molar-refractivity contribution < 1.29 is 0 Å². The molecule has 0 aliphatic heterocycles. The maximum atomic E-state index is 7.83. The van der Waals surface area contributed by atoms with E-state index in [1.165, 1.54) is 65.9 Å². The SMILES string of the molecule is CNC(=NC=N)N(c1ccc(C)cc1)c1ccc2c(c1)c1ccccc1c1c(-c3ccccc3)cc(-c3ccccc3)c(-c3ccccc3)c21. The van der Waals surface area contributed by atoms with E-state index < -0.39 is 0 Å². The molecule has 0 unspecified atom stereocenters. The normalized spacial score (nSPS) is 11.6. The average Bonchev–Trinajstić information content (AvgIpc) is 3.18. The van der Waals surface area contributed by atoms with Gasteiger partial charge in [-0.3, -0.25) is 10.3 Å². The van der Waals surface area contributed by atoms with E-state index in [0.717, 1.165) is 23.1 Å². The molecule has 0 aliphatic carbocycles. The number of hydrogen-bond acceptors (Lipinski definition) is 1. The lowest BCUT2D eigenvalue weighted by Crippen LogP contribution is -2.36. The van der Waals surface area contributed by atoms with Crippen molar-refractivity contribution in [2.24, 2.45) is 4.99 Å². The topological polar surface area (TPSA) is 51.5 Å². The molecular weight excluding hydrogens is 609 g/mol. The number of guanidine groups is 1. The Morgan fingerprint density at radius 1 is 0.540 bits per heavy atom. The van der Waals surface area contributed by atoms with Crippen LogP contribution < -0.4 is 10.2 Å². The quantitative estimate of drug-likeness (QED) is 0.107. The fourth-order valence-electron chi connectivity index (χ4n) is 7.26. The third-order valence-corrected chi connectivity index (χ3v) is 9.49. The highest BCUT2D eigenvalue weighted by molar-refractivity contribution is 6.33. The molecule has 0 fully saturated rings. The minimum Gasteiger partial charge on any atom is -0.358 e. The maximum absolute atomic E-state index is 7.83. The van der Waals surface area contributed by atoms with Crippen molar-refractivity contribution in [2.45, 2.75) is 6.92 Å². The van der Waals surface area contributed by atoms with Gasteiger partial charge in [0.2, 0.25) is 5.96 Å².